The van der Waals surface area contributed by atoms with Crippen LogP contribution in [0.5, 0.6) is 0 Å². The largest absolute Gasteiger partial charge is 0.465 e. The number of rotatable bonds is 7. The smallest absolute Gasteiger partial charge is 0.339 e. The van der Waals surface area contributed by atoms with Gasteiger partial charge in [0.1, 0.15) is 5.58 Å². The molecule has 0 spiro atoms. The molecule has 1 N–H and O–H groups in total. The van der Waals surface area contributed by atoms with Crippen LogP contribution in [0.15, 0.2) is 57.7 Å². The summed E-state index contributed by atoms with van der Waals surface area (Å²) in [5.41, 5.74) is 2.78. The van der Waals surface area contributed by atoms with Gasteiger partial charge in [-0.3, -0.25) is 4.79 Å². The molecule has 29 heavy (non-hydrogen) atoms. The summed E-state index contributed by atoms with van der Waals surface area (Å²) in [7, 11) is 1.29. The lowest BCUT2D eigenvalue weighted by Gasteiger charge is -2.10. The summed E-state index contributed by atoms with van der Waals surface area (Å²) < 4.78 is 10.0. The van der Waals surface area contributed by atoms with Gasteiger partial charge in [-0.1, -0.05) is 31.2 Å². The molecule has 0 aliphatic carbocycles. The van der Waals surface area contributed by atoms with Crippen molar-refractivity contribution < 1.29 is 18.7 Å². The summed E-state index contributed by atoms with van der Waals surface area (Å²) in [4.78, 5) is 36.0. The molecule has 1 amide bonds. The Kier molecular flexibility index (Phi) is 6.72. The first-order chi connectivity index (χ1) is 14.0. The number of anilines is 1. The second-order valence-electron chi connectivity index (χ2n) is 6.35. The lowest BCUT2D eigenvalue weighted by molar-refractivity contribution is -0.113. The first kappa shape index (κ1) is 20.7. The van der Waals surface area contributed by atoms with Crippen LogP contribution in [0.4, 0.5) is 5.69 Å². The van der Waals surface area contributed by atoms with Crippen LogP contribution in [0, 0.1) is 0 Å². The molecule has 0 saturated heterocycles. The van der Waals surface area contributed by atoms with Crippen LogP contribution in [-0.2, 0) is 21.7 Å². The third-order valence-corrected chi connectivity index (χ3v) is 5.38. The zero-order chi connectivity index (χ0) is 20.8. The van der Waals surface area contributed by atoms with Crippen molar-refractivity contribution in [3.63, 3.8) is 0 Å². The van der Waals surface area contributed by atoms with Gasteiger partial charge in [0.15, 0.2) is 0 Å². The third kappa shape index (κ3) is 5.06. The standard InChI is InChI=1S/C22H21NO5S/c1-3-14-8-9-16-15(11-21(25)28-19(16)10-14)12-29-13-20(24)23-18-7-5-4-6-17(18)22(26)27-2/h4-11H,3,12-13H2,1-2H3,(H,23,24). The van der Waals surface area contributed by atoms with Crippen molar-refractivity contribution >= 4 is 40.3 Å². The maximum Gasteiger partial charge on any atom is 0.339 e. The molecule has 1 aromatic heterocycles. The fourth-order valence-electron chi connectivity index (χ4n) is 2.93. The number of amides is 1. The average Bonchev–Trinajstić information content (AvgIpc) is 2.72. The number of methoxy groups -OCH3 is 1. The topological polar surface area (TPSA) is 85.6 Å². The SMILES string of the molecule is CCc1ccc2c(CSCC(=O)Nc3ccccc3C(=O)OC)cc(=O)oc2c1. The zero-order valence-electron chi connectivity index (χ0n) is 16.2. The Labute approximate surface area is 172 Å². The molecule has 0 radical (unpaired) electrons. The fraction of sp³-hybridized carbons (Fsp3) is 0.227. The van der Waals surface area contributed by atoms with E-state index in [1.807, 2.05) is 25.1 Å². The van der Waals surface area contributed by atoms with Crippen molar-refractivity contribution in [3.8, 4) is 0 Å². The summed E-state index contributed by atoms with van der Waals surface area (Å²) in [6.45, 7) is 2.04. The molecular formula is C22H21NO5S. The van der Waals surface area contributed by atoms with Crippen molar-refractivity contribution in [3.05, 3.63) is 75.6 Å². The number of carbonyl (C=O) groups is 2. The van der Waals surface area contributed by atoms with Crippen LogP contribution in [0.1, 0.15) is 28.4 Å². The molecule has 7 heteroatoms. The molecule has 0 unspecified atom stereocenters. The molecule has 0 bridgehead atoms. The summed E-state index contributed by atoms with van der Waals surface area (Å²) in [5, 5.41) is 3.60. The summed E-state index contributed by atoms with van der Waals surface area (Å²) in [5.74, 6) is -0.0985. The van der Waals surface area contributed by atoms with E-state index in [4.69, 9.17) is 9.15 Å². The monoisotopic (exact) mass is 411 g/mol. The van der Waals surface area contributed by atoms with E-state index in [0.717, 1.165) is 22.9 Å². The van der Waals surface area contributed by atoms with E-state index in [1.165, 1.54) is 24.9 Å². The average molecular weight is 411 g/mol. The first-order valence-electron chi connectivity index (χ1n) is 9.12. The van der Waals surface area contributed by atoms with Crippen LogP contribution in [0.3, 0.4) is 0 Å². The van der Waals surface area contributed by atoms with Crippen molar-refractivity contribution in [2.24, 2.45) is 0 Å². The molecule has 150 valence electrons. The van der Waals surface area contributed by atoms with Crippen LogP contribution < -0.4 is 10.9 Å². The number of aryl methyl sites for hydroxylation is 1. The van der Waals surface area contributed by atoms with Crippen molar-refractivity contribution in [1.29, 1.82) is 0 Å². The quantitative estimate of drug-likeness (QED) is 0.467. The molecule has 3 aromatic rings. The Morgan fingerprint density at radius 1 is 1.14 bits per heavy atom. The van der Waals surface area contributed by atoms with Gasteiger partial charge in [0.2, 0.25) is 5.91 Å². The molecular weight excluding hydrogens is 390 g/mol. The second-order valence-corrected chi connectivity index (χ2v) is 7.34. The minimum atomic E-state index is -0.512. The van der Waals surface area contributed by atoms with Gasteiger partial charge in [0, 0.05) is 17.2 Å². The zero-order valence-corrected chi connectivity index (χ0v) is 17.0. The highest BCUT2D eigenvalue weighted by Gasteiger charge is 2.14. The Balaban J connectivity index is 1.67. The van der Waals surface area contributed by atoms with Crippen molar-refractivity contribution in [2.45, 2.75) is 19.1 Å². The molecule has 0 saturated carbocycles. The summed E-state index contributed by atoms with van der Waals surface area (Å²) >= 11 is 1.38. The number of fused-ring (bicyclic) bond motifs is 1. The van der Waals surface area contributed by atoms with E-state index in [1.54, 1.807) is 24.3 Å². The normalized spacial score (nSPS) is 10.7. The summed E-state index contributed by atoms with van der Waals surface area (Å²) in [6, 6.07) is 14.0. The van der Waals surface area contributed by atoms with Gasteiger partial charge in [0.05, 0.1) is 24.1 Å². The van der Waals surface area contributed by atoms with E-state index in [-0.39, 0.29) is 11.7 Å². The Morgan fingerprint density at radius 3 is 2.69 bits per heavy atom. The highest BCUT2D eigenvalue weighted by Crippen LogP contribution is 2.23. The highest BCUT2D eigenvalue weighted by atomic mass is 32.2. The molecule has 2 aromatic carbocycles. The number of carbonyl (C=O) groups excluding carboxylic acids is 2. The predicted molar refractivity (Wildman–Crippen MR) is 114 cm³/mol. The van der Waals surface area contributed by atoms with Gasteiger partial charge in [-0.15, -0.1) is 11.8 Å². The lowest BCUT2D eigenvalue weighted by atomic mass is 10.1. The molecule has 1 heterocycles. The molecule has 6 nitrogen and oxygen atoms in total. The van der Waals surface area contributed by atoms with Crippen LogP contribution in [-0.4, -0.2) is 24.7 Å². The van der Waals surface area contributed by atoms with Gasteiger partial charge in [-0.25, -0.2) is 9.59 Å². The number of nitrogens with one attached hydrogen (secondary N) is 1. The van der Waals surface area contributed by atoms with Gasteiger partial charge >= 0.3 is 11.6 Å². The highest BCUT2D eigenvalue weighted by molar-refractivity contribution is 7.99. The second kappa shape index (κ2) is 9.43. The van der Waals surface area contributed by atoms with E-state index < -0.39 is 11.6 Å². The number of hydrogen-bond donors (Lipinski definition) is 1. The van der Waals surface area contributed by atoms with E-state index in [2.05, 4.69) is 5.32 Å². The molecule has 0 aliphatic heterocycles. The molecule has 0 atom stereocenters. The van der Waals surface area contributed by atoms with E-state index in [9.17, 15) is 14.4 Å². The minimum Gasteiger partial charge on any atom is -0.465 e. The number of ether oxygens (including phenoxy) is 1. The lowest BCUT2D eigenvalue weighted by Crippen LogP contribution is -2.17. The fourth-order valence-corrected chi connectivity index (χ4v) is 3.75. The molecule has 0 aliphatic rings. The number of benzene rings is 2. The number of para-hydroxylation sites is 1. The van der Waals surface area contributed by atoms with Gasteiger partial charge in [0.25, 0.3) is 0 Å². The van der Waals surface area contributed by atoms with Crippen LogP contribution in [0.2, 0.25) is 0 Å². The van der Waals surface area contributed by atoms with Crippen LogP contribution >= 0.6 is 11.8 Å². The minimum absolute atomic E-state index is 0.171. The Morgan fingerprint density at radius 2 is 1.93 bits per heavy atom. The van der Waals surface area contributed by atoms with Crippen LogP contribution in [0.25, 0.3) is 11.0 Å². The third-order valence-electron chi connectivity index (χ3n) is 4.40. The predicted octanol–water partition coefficient (Wildman–Crippen LogP) is 4.01. The van der Waals surface area contributed by atoms with Crippen molar-refractivity contribution in [2.75, 3.05) is 18.2 Å². The van der Waals surface area contributed by atoms with Gasteiger partial charge < -0.3 is 14.5 Å². The maximum absolute atomic E-state index is 12.3. The van der Waals surface area contributed by atoms with Crippen molar-refractivity contribution in [1.82, 2.24) is 0 Å². The van der Waals surface area contributed by atoms with Gasteiger partial charge in [-0.05, 0) is 35.7 Å². The molecule has 3 rings (SSSR count). The number of thioether (sulfide) groups is 1. The Hall–Kier alpha value is -3.06. The maximum atomic E-state index is 12.3. The first-order valence-corrected chi connectivity index (χ1v) is 10.3. The molecule has 0 fully saturated rings. The summed E-state index contributed by atoms with van der Waals surface area (Å²) in [6.07, 6.45) is 0.853. The number of hydrogen-bond acceptors (Lipinski definition) is 6. The van der Waals surface area contributed by atoms with E-state index >= 15 is 0 Å². The Bertz CT molecular complexity index is 1110. The number of esters is 1. The van der Waals surface area contributed by atoms with E-state index in [0.29, 0.717) is 22.6 Å². The van der Waals surface area contributed by atoms with Gasteiger partial charge in [-0.2, -0.15) is 0 Å².